The predicted octanol–water partition coefficient (Wildman–Crippen LogP) is 17.0. The standard InChI is InChI=1S/C58H71BrN2O6/c1-3-5-7-9-11-13-15-17-19-21-41-64-52-35-31-50(32-36-52)60-44-46-23-27-48(28-24-46)57(62)66-54-39-40-55(59)56(43-54)67-58(63)49-29-25-47(26-30-49)45-61-51-33-37-53(38-34-51)65-42-22-20-18-16-14-12-10-8-6-4-2/h23-40,43-45H,3-22,41-42H2,1-2H3. The molecule has 0 atom stereocenters. The molecule has 0 aliphatic heterocycles. The van der Waals surface area contributed by atoms with Gasteiger partial charge in [-0.2, -0.15) is 0 Å². The number of nitrogens with zero attached hydrogens (tertiary/aromatic N) is 2. The third-order valence-electron chi connectivity index (χ3n) is 11.5. The largest absolute Gasteiger partial charge is 0.494 e. The Kier molecular flexibility index (Phi) is 24.6. The Bertz CT molecular complexity index is 2220. The lowest BCUT2D eigenvalue weighted by molar-refractivity contribution is 0.0732. The molecule has 5 aromatic rings. The minimum atomic E-state index is -0.554. The minimum absolute atomic E-state index is 0.220. The van der Waals surface area contributed by atoms with Crippen LogP contribution in [0.4, 0.5) is 11.4 Å². The van der Waals surface area contributed by atoms with E-state index in [-0.39, 0.29) is 11.5 Å². The maximum Gasteiger partial charge on any atom is 0.343 e. The highest BCUT2D eigenvalue weighted by molar-refractivity contribution is 9.10. The van der Waals surface area contributed by atoms with Gasteiger partial charge in [0.25, 0.3) is 0 Å². The fourth-order valence-electron chi connectivity index (χ4n) is 7.47. The lowest BCUT2D eigenvalue weighted by atomic mass is 10.1. The molecule has 0 amide bonds. The van der Waals surface area contributed by atoms with E-state index in [1.54, 1.807) is 61.0 Å². The second-order valence-corrected chi connectivity index (χ2v) is 18.0. The van der Waals surface area contributed by atoms with Crippen LogP contribution in [-0.2, 0) is 0 Å². The van der Waals surface area contributed by atoms with Crippen LogP contribution >= 0.6 is 15.9 Å². The van der Waals surface area contributed by atoms with Crippen LogP contribution in [0.25, 0.3) is 0 Å². The van der Waals surface area contributed by atoms with Gasteiger partial charge in [-0.15, -0.1) is 0 Å². The van der Waals surface area contributed by atoms with Gasteiger partial charge in [0.1, 0.15) is 23.0 Å². The summed E-state index contributed by atoms with van der Waals surface area (Å²) in [6.45, 7) is 5.97. The SMILES string of the molecule is CCCCCCCCCCCCOc1ccc(N=Cc2ccc(C(=O)Oc3ccc(Br)c(OC(=O)c4ccc(C=Nc5ccc(OCCCCCCCCCCCC)cc5)cc4)c3)cc2)cc1. The van der Waals surface area contributed by atoms with Crippen molar-refractivity contribution < 1.29 is 28.5 Å². The number of benzene rings is 5. The van der Waals surface area contributed by atoms with Crippen LogP contribution < -0.4 is 18.9 Å². The van der Waals surface area contributed by atoms with Crippen LogP contribution in [0.3, 0.4) is 0 Å². The highest BCUT2D eigenvalue weighted by atomic mass is 79.9. The van der Waals surface area contributed by atoms with E-state index in [1.165, 1.54) is 122 Å². The topological polar surface area (TPSA) is 95.8 Å². The van der Waals surface area contributed by atoms with Crippen LogP contribution in [0, 0.1) is 0 Å². The van der Waals surface area contributed by atoms with Crippen LogP contribution in [0.1, 0.15) is 174 Å². The second kappa shape index (κ2) is 31.4. The molecule has 0 aliphatic rings. The molecule has 356 valence electrons. The van der Waals surface area contributed by atoms with Crippen molar-refractivity contribution in [1.82, 2.24) is 0 Å². The molecule has 0 saturated heterocycles. The Balaban J connectivity index is 0.990. The zero-order valence-electron chi connectivity index (χ0n) is 39.9. The Labute approximate surface area is 408 Å². The molecule has 0 aromatic heterocycles. The van der Waals surface area contributed by atoms with Crippen LogP contribution in [0.2, 0.25) is 0 Å². The zero-order chi connectivity index (χ0) is 47.2. The quantitative estimate of drug-likeness (QED) is 0.0184. The van der Waals surface area contributed by atoms with E-state index in [9.17, 15) is 9.59 Å². The molecule has 0 spiro atoms. The normalized spacial score (nSPS) is 11.3. The molecule has 8 nitrogen and oxygen atoms in total. The van der Waals surface area contributed by atoms with Gasteiger partial charge >= 0.3 is 11.9 Å². The lowest BCUT2D eigenvalue weighted by Crippen LogP contribution is -2.10. The number of carbonyl (C=O) groups excluding carboxylic acids is 2. The number of esters is 2. The van der Waals surface area contributed by atoms with Crippen molar-refractivity contribution in [3.8, 4) is 23.0 Å². The van der Waals surface area contributed by atoms with Gasteiger partial charge in [-0.25, -0.2) is 9.59 Å². The Hall–Kier alpha value is -5.54. The highest BCUT2D eigenvalue weighted by Gasteiger charge is 2.15. The molecular formula is C58H71BrN2O6. The minimum Gasteiger partial charge on any atom is -0.494 e. The summed E-state index contributed by atoms with van der Waals surface area (Å²) >= 11 is 3.44. The molecule has 9 heteroatoms. The van der Waals surface area contributed by atoms with Gasteiger partial charge in [0.05, 0.1) is 40.2 Å². The van der Waals surface area contributed by atoms with E-state index in [4.69, 9.17) is 18.9 Å². The summed E-state index contributed by atoms with van der Waals surface area (Å²) in [5, 5.41) is 0. The van der Waals surface area contributed by atoms with Gasteiger partial charge in [-0.1, -0.05) is 154 Å². The average molecular weight is 972 g/mol. The van der Waals surface area contributed by atoms with E-state index in [0.717, 1.165) is 60.1 Å². The van der Waals surface area contributed by atoms with Crippen LogP contribution in [0.5, 0.6) is 23.0 Å². The molecule has 5 rings (SSSR count). The van der Waals surface area contributed by atoms with Gasteiger partial charge < -0.3 is 18.9 Å². The van der Waals surface area contributed by atoms with E-state index < -0.39 is 11.9 Å². The third kappa shape index (κ3) is 20.9. The molecule has 0 N–H and O–H groups in total. The summed E-state index contributed by atoms with van der Waals surface area (Å²) in [5.41, 5.74) is 4.01. The third-order valence-corrected chi connectivity index (χ3v) is 12.2. The molecule has 0 fully saturated rings. The molecule has 0 heterocycles. The smallest absolute Gasteiger partial charge is 0.343 e. The summed E-state index contributed by atoms with van der Waals surface area (Å²) in [5.74, 6) is 1.05. The van der Waals surface area contributed by atoms with Crippen molar-refractivity contribution in [3.63, 3.8) is 0 Å². The van der Waals surface area contributed by atoms with Gasteiger partial charge in [-0.3, -0.25) is 9.98 Å². The Morgan fingerprint density at radius 1 is 0.433 bits per heavy atom. The van der Waals surface area contributed by atoms with Crippen molar-refractivity contribution >= 4 is 51.7 Å². The summed E-state index contributed by atoms with van der Waals surface area (Å²) in [4.78, 5) is 35.4. The van der Waals surface area contributed by atoms with E-state index >= 15 is 0 Å². The monoisotopic (exact) mass is 970 g/mol. The maximum absolute atomic E-state index is 13.1. The molecule has 0 saturated carbocycles. The number of rotatable bonds is 32. The zero-order valence-corrected chi connectivity index (χ0v) is 41.5. The number of hydrogen-bond acceptors (Lipinski definition) is 8. The highest BCUT2D eigenvalue weighted by Crippen LogP contribution is 2.31. The number of carbonyl (C=O) groups is 2. The fourth-order valence-corrected chi connectivity index (χ4v) is 7.80. The number of halogens is 1. The van der Waals surface area contributed by atoms with E-state index in [0.29, 0.717) is 15.6 Å². The molecule has 67 heavy (non-hydrogen) atoms. The molecule has 5 aromatic carbocycles. The number of aliphatic imine (C=N–C) groups is 2. The Morgan fingerprint density at radius 2 is 0.791 bits per heavy atom. The average Bonchev–Trinajstić information content (AvgIpc) is 3.35. The predicted molar refractivity (Wildman–Crippen MR) is 279 cm³/mol. The summed E-state index contributed by atoms with van der Waals surface area (Å²) in [6.07, 6.45) is 29.5. The second-order valence-electron chi connectivity index (χ2n) is 17.2. The van der Waals surface area contributed by atoms with Gasteiger partial charge in [0.2, 0.25) is 0 Å². The summed E-state index contributed by atoms with van der Waals surface area (Å²) < 4.78 is 23.8. The van der Waals surface area contributed by atoms with Crippen molar-refractivity contribution in [2.75, 3.05) is 13.2 Å². The molecule has 0 radical (unpaired) electrons. The first-order valence-corrected chi connectivity index (χ1v) is 25.7. The fraction of sp³-hybridized carbons (Fsp3) is 0.414. The molecule has 0 aliphatic carbocycles. The van der Waals surface area contributed by atoms with Gasteiger partial charge in [0, 0.05) is 18.5 Å². The Morgan fingerprint density at radius 3 is 1.19 bits per heavy atom. The van der Waals surface area contributed by atoms with Crippen LogP contribution in [0.15, 0.2) is 130 Å². The number of ether oxygens (including phenoxy) is 4. The van der Waals surface area contributed by atoms with Crippen molar-refractivity contribution in [3.05, 3.63) is 142 Å². The van der Waals surface area contributed by atoms with E-state index in [2.05, 4.69) is 39.8 Å². The maximum atomic E-state index is 13.1. The van der Waals surface area contributed by atoms with Crippen molar-refractivity contribution in [2.24, 2.45) is 9.98 Å². The van der Waals surface area contributed by atoms with Crippen molar-refractivity contribution in [2.45, 2.75) is 142 Å². The first-order chi connectivity index (χ1) is 32.9. The van der Waals surface area contributed by atoms with Crippen molar-refractivity contribution in [1.29, 1.82) is 0 Å². The first-order valence-electron chi connectivity index (χ1n) is 24.9. The van der Waals surface area contributed by atoms with Crippen LogP contribution in [-0.4, -0.2) is 37.6 Å². The molecule has 0 bridgehead atoms. The summed E-state index contributed by atoms with van der Waals surface area (Å²) in [7, 11) is 0. The molecular weight excluding hydrogens is 901 g/mol. The summed E-state index contributed by atoms with van der Waals surface area (Å²) in [6, 6.07) is 34.3. The molecule has 0 unspecified atom stereocenters. The van der Waals surface area contributed by atoms with E-state index in [1.807, 2.05) is 60.7 Å². The number of hydrogen-bond donors (Lipinski definition) is 0. The van der Waals surface area contributed by atoms with Gasteiger partial charge in [-0.05, 0) is 125 Å². The van der Waals surface area contributed by atoms with Gasteiger partial charge in [0.15, 0.2) is 0 Å². The number of unbranched alkanes of at least 4 members (excludes halogenated alkanes) is 18. The first kappa shape index (κ1) is 52.4. The lowest BCUT2D eigenvalue weighted by Gasteiger charge is -2.10.